The van der Waals surface area contributed by atoms with Crippen LogP contribution < -0.4 is 4.72 Å². The highest BCUT2D eigenvalue weighted by Gasteiger charge is 2.57. The van der Waals surface area contributed by atoms with E-state index in [2.05, 4.69) is 4.72 Å². The lowest BCUT2D eigenvalue weighted by Crippen LogP contribution is -2.47. The van der Waals surface area contributed by atoms with Crippen LogP contribution >= 0.6 is 19.2 Å². The monoisotopic (exact) mass is 567 g/mol. The molecule has 37 heavy (non-hydrogen) atoms. The van der Waals surface area contributed by atoms with Crippen LogP contribution in [0.1, 0.15) is 73.9 Å². The fraction of sp³-hybridized carbons (Fsp3) is 0.444. The minimum absolute atomic E-state index is 0.0279. The molecule has 1 N–H and O–H groups in total. The molecule has 7 nitrogen and oxygen atoms in total. The molecule has 2 aromatic carbocycles. The Bertz CT molecular complexity index is 1260. The van der Waals surface area contributed by atoms with Crippen molar-refractivity contribution in [2.24, 2.45) is 0 Å². The Morgan fingerprint density at radius 3 is 2.05 bits per heavy atom. The summed E-state index contributed by atoms with van der Waals surface area (Å²) in [6.45, 7) is 6.09. The van der Waals surface area contributed by atoms with Crippen LogP contribution in [0.5, 0.6) is 0 Å². The van der Waals surface area contributed by atoms with E-state index in [1.165, 1.54) is 24.3 Å². The predicted octanol–water partition coefficient (Wildman–Crippen LogP) is 7.05. The molecule has 10 heteroatoms. The van der Waals surface area contributed by atoms with E-state index in [0.717, 1.165) is 31.2 Å². The van der Waals surface area contributed by atoms with Crippen molar-refractivity contribution in [3.63, 3.8) is 0 Å². The van der Waals surface area contributed by atoms with Gasteiger partial charge in [0.2, 0.25) is 15.8 Å². The van der Waals surface area contributed by atoms with Gasteiger partial charge in [-0.1, -0.05) is 93.1 Å². The summed E-state index contributed by atoms with van der Waals surface area (Å²) in [6, 6.07) is 12.6. The zero-order chi connectivity index (χ0) is 27.1. The van der Waals surface area contributed by atoms with Gasteiger partial charge < -0.3 is 9.05 Å². The summed E-state index contributed by atoms with van der Waals surface area (Å²) in [4.78, 5) is 12.9. The van der Waals surface area contributed by atoms with Crippen LogP contribution in [-0.2, 0) is 28.9 Å². The van der Waals surface area contributed by atoms with Gasteiger partial charge in [-0.15, -0.1) is 0 Å². The number of halogens is 1. The number of unbranched alkanes of at least 4 members (excludes halogenated alkanes) is 4. The van der Waals surface area contributed by atoms with Crippen LogP contribution in [0.4, 0.5) is 0 Å². The molecule has 1 aliphatic rings. The molecule has 0 radical (unpaired) electrons. The second-order valence-electron chi connectivity index (χ2n) is 9.13. The average molecular weight is 568 g/mol. The largest absolute Gasteiger partial charge is 0.360 e. The van der Waals surface area contributed by atoms with E-state index in [9.17, 15) is 17.8 Å². The third-order valence-corrected chi connectivity index (χ3v) is 10.5. The second kappa shape index (κ2) is 12.8. The molecular formula is C27H35ClNO6PS. The van der Waals surface area contributed by atoms with E-state index in [-0.39, 0.29) is 34.3 Å². The maximum absolute atomic E-state index is 14.8. The first-order valence-electron chi connectivity index (χ1n) is 12.6. The minimum atomic E-state index is -4.33. The molecule has 0 aromatic heterocycles. The number of allylic oxidation sites excluding steroid dienone is 1. The van der Waals surface area contributed by atoms with Crippen molar-refractivity contribution < 1.29 is 26.8 Å². The van der Waals surface area contributed by atoms with Crippen LogP contribution in [0.15, 0.2) is 64.5 Å². The Balaban J connectivity index is 2.21. The Labute approximate surface area is 225 Å². The minimum Gasteiger partial charge on any atom is -0.307 e. The highest BCUT2D eigenvalue weighted by atomic mass is 35.5. The molecule has 0 bridgehead atoms. The van der Waals surface area contributed by atoms with Crippen molar-refractivity contribution in [3.05, 3.63) is 76.3 Å². The molecule has 0 amide bonds. The second-order valence-corrected chi connectivity index (χ2v) is 13.4. The van der Waals surface area contributed by atoms with E-state index in [0.29, 0.717) is 12.8 Å². The number of rotatable bonds is 14. The molecule has 0 heterocycles. The highest BCUT2D eigenvalue weighted by molar-refractivity contribution is 7.90. The summed E-state index contributed by atoms with van der Waals surface area (Å²) in [5.41, 5.74) is 1.19. The summed E-state index contributed by atoms with van der Waals surface area (Å²) < 4.78 is 56.8. The summed E-state index contributed by atoms with van der Waals surface area (Å²) in [5.74, 6) is -0.494. The highest BCUT2D eigenvalue weighted by Crippen LogP contribution is 2.67. The average Bonchev–Trinajstić information content (AvgIpc) is 2.88. The van der Waals surface area contributed by atoms with Crippen LogP contribution in [0, 0.1) is 6.92 Å². The van der Waals surface area contributed by atoms with Gasteiger partial charge in [-0.3, -0.25) is 9.36 Å². The van der Waals surface area contributed by atoms with E-state index >= 15 is 0 Å². The molecule has 2 aromatic rings. The van der Waals surface area contributed by atoms with Gasteiger partial charge in [0.25, 0.3) is 0 Å². The molecule has 0 fully saturated rings. The van der Waals surface area contributed by atoms with E-state index in [4.69, 9.17) is 20.6 Å². The molecule has 0 aliphatic heterocycles. The fourth-order valence-electron chi connectivity index (χ4n) is 4.13. The van der Waals surface area contributed by atoms with E-state index < -0.39 is 28.7 Å². The van der Waals surface area contributed by atoms with Gasteiger partial charge in [-0.05, 0) is 38.0 Å². The van der Waals surface area contributed by atoms with Gasteiger partial charge in [0.05, 0.1) is 23.1 Å². The quantitative estimate of drug-likeness (QED) is 0.194. The van der Waals surface area contributed by atoms with Crippen molar-refractivity contribution in [2.75, 3.05) is 13.2 Å². The normalized spacial score (nSPS) is 17.9. The zero-order valence-electron chi connectivity index (χ0n) is 21.5. The molecular weight excluding hydrogens is 533 g/mol. The molecule has 202 valence electrons. The van der Waals surface area contributed by atoms with Crippen molar-refractivity contribution in [2.45, 2.75) is 69.5 Å². The van der Waals surface area contributed by atoms with Gasteiger partial charge >= 0.3 is 7.60 Å². The molecule has 3 rings (SSSR count). The maximum atomic E-state index is 14.8. The number of benzene rings is 2. The number of aryl methyl sites for hydroxylation is 1. The Hall–Kier alpha value is -1.80. The Morgan fingerprint density at radius 1 is 0.919 bits per heavy atom. The van der Waals surface area contributed by atoms with Gasteiger partial charge in [0, 0.05) is 11.1 Å². The zero-order valence-corrected chi connectivity index (χ0v) is 24.0. The van der Waals surface area contributed by atoms with Crippen molar-refractivity contribution in [3.8, 4) is 0 Å². The lowest BCUT2D eigenvalue weighted by Gasteiger charge is -2.40. The van der Waals surface area contributed by atoms with Crippen molar-refractivity contribution >= 4 is 35.0 Å². The summed E-state index contributed by atoms with van der Waals surface area (Å²) >= 11 is 6.39. The molecule has 0 spiro atoms. The van der Waals surface area contributed by atoms with Crippen LogP contribution in [0.3, 0.4) is 0 Å². The van der Waals surface area contributed by atoms with Gasteiger partial charge in [-0.25, -0.2) is 8.42 Å². The standard InChI is InChI=1S/C27H35ClNO6PS/c1-4-6-10-18-34-36(31,35-19-11-7-5-2)27(29-37(32,33)22-16-14-21(3)15-17-22)20-25(28)26(30)23-12-8-9-13-24(23)27/h8-9,12-17,20,29H,4-7,10-11,18-19H2,1-3H3. The molecule has 0 saturated heterocycles. The number of hydrogen-bond donors (Lipinski definition) is 1. The van der Waals surface area contributed by atoms with Crippen LogP contribution in [0.2, 0.25) is 0 Å². The van der Waals surface area contributed by atoms with Crippen molar-refractivity contribution in [1.82, 2.24) is 4.72 Å². The number of fused-ring (bicyclic) bond motifs is 1. The number of carbonyl (C=O) groups excluding carboxylic acids is 1. The van der Waals surface area contributed by atoms with Crippen LogP contribution in [0.25, 0.3) is 0 Å². The molecule has 1 atom stereocenters. The number of carbonyl (C=O) groups is 1. The summed E-state index contributed by atoms with van der Waals surface area (Å²) in [5, 5.41) is -2.31. The van der Waals surface area contributed by atoms with E-state index in [1.807, 2.05) is 20.8 Å². The van der Waals surface area contributed by atoms with E-state index in [1.54, 1.807) is 30.3 Å². The number of nitrogens with one attached hydrogen (secondary N) is 1. The van der Waals surface area contributed by atoms with Gasteiger partial charge in [0.1, 0.15) is 0 Å². The first-order valence-corrected chi connectivity index (χ1v) is 16.0. The lowest BCUT2D eigenvalue weighted by molar-refractivity contribution is 0.103. The summed E-state index contributed by atoms with van der Waals surface area (Å²) in [7, 11) is -8.60. The SMILES string of the molecule is CCCCCOP(=O)(OCCCCC)C1(NS(=O)(=O)c2ccc(C)cc2)C=C(Cl)C(=O)c2ccccc21. The number of ketones is 1. The smallest absolute Gasteiger partial charge is 0.307 e. The maximum Gasteiger partial charge on any atom is 0.360 e. The Kier molecular flexibility index (Phi) is 10.3. The Morgan fingerprint density at radius 2 is 1.49 bits per heavy atom. The number of hydrogen-bond acceptors (Lipinski definition) is 6. The number of sulfonamides is 1. The third-order valence-electron chi connectivity index (χ3n) is 6.21. The van der Waals surface area contributed by atoms with Gasteiger partial charge in [-0.2, -0.15) is 4.72 Å². The topological polar surface area (TPSA) is 98.8 Å². The third kappa shape index (κ3) is 6.62. The predicted molar refractivity (Wildman–Crippen MR) is 146 cm³/mol. The first kappa shape index (κ1) is 29.8. The molecule has 1 aliphatic carbocycles. The fourth-order valence-corrected chi connectivity index (χ4v) is 8.47. The molecule has 1 unspecified atom stereocenters. The van der Waals surface area contributed by atoms with Crippen molar-refractivity contribution in [1.29, 1.82) is 0 Å². The lowest BCUT2D eigenvalue weighted by atomic mass is 9.92. The first-order chi connectivity index (χ1) is 17.6. The summed E-state index contributed by atoms with van der Waals surface area (Å²) in [6.07, 6.45) is 5.91. The molecule has 0 saturated carbocycles. The number of Topliss-reactive ketones (excluding diaryl/α,β-unsaturated/α-hetero) is 1. The van der Waals surface area contributed by atoms with Gasteiger partial charge in [0.15, 0.2) is 5.28 Å². The van der Waals surface area contributed by atoms with Crippen LogP contribution in [-0.4, -0.2) is 27.4 Å².